The fourth-order valence-corrected chi connectivity index (χ4v) is 5.17. The predicted octanol–water partition coefficient (Wildman–Crippen LogP) is 3.87. The van der Waals surface area contributed by atoms with Gasteiger partial charge in [-0.2, -0.15) is 4.57 Å². The lowest BCUT2D eigenvalue weighted by Crippen LogP contribution is -2.46. The van der Waals surface area contributed by atoms with E-state index in [1.54, 1.807) is 19.2 Å². The molecule has 7 nitrogen and oxygen atoms in total. The summed E-state index contributed by atoms with van der Waals surface area (Å²) in [5, 5.41) is 32.0. The van der Waals surface area contributed by atoms with Gasteiger partial charge in [0, 0.05) is 39.0 Å². The molecular weight excluding hydrogens is 424 g/mol. The Morgan fingerprint density at radius 1 is 1.28 bits per heavy atom. The van der Waals surface area contributed by atoms with Crippen molar-refractivity contribution >= 4 is 17.2 Å². The summed E-state index contributed by atoms with van der Waals surface area (Å²) in [4.78, 5) is 9.83. The van der Waals surface area contributed by atoms with E-state index in [2.05, 4.69) is 21.5 Å². The van der Waals surface area contributed by atoms with Gasteiger partial charge in [0.2, 0.25) is 0 Å². The van der Waals surface area contributed by atoms with Crippen molar-refractivity contribution in [3.05, 3.63) is 45.0 Å². The summed E-state index contributed by atoms with van der Waals surface area (Å²) in [6.45, 7) is 8.27. The Morgan fingerprint density at radius 3 is 2.62 bits per heavy atom. The second-order valence-electron chi connectivity index (χ2n) is 8.42. The Morgan fingerprint density at radius 2 is 2.03 bits per heavy atom. The SMILES string of the molecule is CCCCCCC(O)(CC=C(C)O)c1sc(CCO)c(C)[n+]1Cc1cnc(CC)nc1N. The number of allylic oxidation sites excluding steroid dienone is 1. The second kappa shape index (κ2) is 12.3. The lowest BCUT2D eigenvalue weighted by atomic mass is 9.92. The van der Waals surface area contributed by atoms with Crippen LogP contribution in [0.2, 0.25) is 0 Å². The van der Waals surface area contributed by atoms with Crippen LogP contribution in [0, 0.1) is 6.92 Å². The number of unbranched alkanes of at least 4 members (excludes halogenated alkanes) is 3. The third kappa shape index (κ3) is 6.73. The van der Waals surface area contributed by atoms with Crippen LogP contribution < -0.4 is 10.3 Å². The maximum absolute atomic E-state index is 11.9. The molecule has 178 valence electrons. The third-order valence-electron chi connectivity index (χ3n) is 5.78. The van der Waals surface area contributed by atoms with E-state index in [9.17, 15) is 15.3 Å². The van der Waals surface area contributed by atoms with Crippen molar-refractivity contribution in [1.29, 1.82) is 0 Å². The number of aliphatic hydroxyl groups is 3. The van der Waals surface area contributed by atoms with E-state index in [4.69, 9.17) is 5.73 Å². The average Bonchev–Trinajstić information content (AvgIpc) is 3.07. The number of nitrogens with zero attached hydrogens (tertiary/aromatic N) is 3. The van der Waals surface area contributed by atoms with E-state index >= 15 is 0 Å². The van der Waals surface area contributed by atoms with Crippen molar-refractivity contribution in [2.75, 3.05) is 12.3 Å². The van der Waals surface area contributed by atoms with E-state index in [-0.39, 0.29) is 12.4 Å². The number of nitrogen functional groups attached to an aromatic ring is 1. The molecule has 2 heterocycles. The fourth-order valence-electron chi connectivity index (χ4n) is 3.80. The van der Waals surface area contributed by atoms with Crippen LogP contribution in [-0.4, -0.2) is 31.9 Å². The highest BCUT2D eigenvalue weighted by molar-refractivity contribution is 7.11. The molecule has 0 amide bonds. The van der Waals surface area contributed by atoms with Crippen LogP contribution in [0.5, 0.6) is 0 Å². The summed E-state index contributed by atoms with van der Waals surface area (Å²) in [6.07, 6.45) is 9.79. The number of aliphatic hydroxyl groups excluding tert-OH is 2. The molecule has 5 N–H and O–H groups in total. The van der Waals surface area contributed by atoms with Crippen LogP contribution in [0.15, 0.2) is 18.0 Å². The van der Waals surface area contributed by atoms with Gasteiger partial charge in [0.15, 0.2) is 17.8 Å². The van der Waals surface area contributed by atoms with E-state index < -0.39 is 5.60 Å². The molecule has 1 atom stereocenters. The largest absolute Gasteiger partial charge is 0.513 e. The van der Waals surface area contributed by atoms with Crippen LogP contribution >= 0.6 is 11.3 Å². The molecule has 0 bridgehead atoms. The molecule has 1 unspecified atom stereocenters. The van der Waals surface area contributed by atoms with E-state index in [1.165, 1.54) is 11.3 Å². The zero-order chi connectivity index (χ0) is 23.7. The minimum Gasteiger partial charge on any atom is -0.513 e. The monoisotopic (exact) mass is 463 g/mol. The van der Waals surface area contributed by atoms with Gasteiger partial charge in [-0.05, 0) is 25.8 Å². The summed E-state index contributed by atoms with van der Waals surface area (Å²) in [5.74, 6) is 1.35. The highest BCUT2D eigenvalue weighted by atomic mass is 32.1. The lowest BCUT2D eigenvalue weighted by molar-refractivity contribution is -0.703. The van der Waals surface area contributed by atoms with Crippen LogP contribution in [0.25, 0.3) is 0 Å². The van der Waals surface area contributed by atoms with Crippen molar-refractivity contribution in [3.8, 4) is 0 Å². The molecule has 2 aromatic heterocycles. The Hall–Kier alpha value is -2.03. The number of hydrogen-bond acceptors (Lipinski definition) is 7. The van der Waals surface area contributed by atoms with E-state index in [0.29, 0.717) is 43.9 Å². The Kier molecular flexibility index (Phi) is 10.1. The van der Waals surface area contributed by atoms with Crippen molar-refractivity contribution < 1.29 is 19.9 Å². The summed E-state index contributed by atoms with van der Waals surface area (Å²) < 4.78 is 2.08. The number of rotatable bonds is 13. The summed E-state index contributed by atoms with van der Waals surface area (Å²) in [5.41, 5.74) is 6.89. The Balaban J connectivity index is 2.51. The molecule has 0 fully saturated rings. The zero-order valence-electron chi connectivity index (χ0n) is 19.9. The number of aromatic nitrogens is 3. The Bertz CT molecular complexity index is 909. The van der Waals surface area contributed by atoms with Gasteiger partial charge < -0.3 is 21.1 Å². The topological polar surface area (TPSA) is 116 Å². The van der Waals surface area contributed by atoms with Crippen molar-refractivity contribution in [2.45, 2.75) is 91.2 Å². The maximum atomic E-state index is 11.9. The van der Waals surface area contributed by atoms with Gasteiger partial charge in [0.25, 0.3) is 5.01 Å². The average molecular weight is 464 g/mol. The molecule has 0 radical (unpaired) electrons. The molecule has 0 aliphatic heterocycles. The van der Waals surface area contributed by atoms with Crippen molar-refractivity contribution in [3.63, 3.8) is 0 Å². The van der Waals surface area contributed by atoms with Gasteiger partial charge in [-0.15, -0.1) is 0 Å². The van der Waals surface area contributed by atoms with Crippen LogP contribution in [0.1, 0.15) is 86.3 Å². The summed E-state index contributed by atoms with van der Waals surface area (Å²) >= 11 is 1.53. The van der Waals surface area contributed by atoms with Crippen LogP contribution in [0.3, 0.4) is 0 Å². The summed E-state index contributed by atoms with van der Waals surface area (Å²) in [7, 11) is 0. The van der Waals surface area contributed by atoms with Crippen LogP contribution in [0.4, 0.5) is 5.82 Å². The first-order valence-corrected chi connectivity index (χ1v) is 12.4. The minimum absolute atomic E-state index is 0.0435. The minimum atomic E-state index is -1.13. The number of hydrogen-bond donors (Lipinski definition) is 4. The molecule has 0 aromatic carbocycles. The Labute approximate surface area is 195 Å². The van der Waals surface area contributed by atoms with E-state index in [0.717, 1.165) is 46.8 Å². The maximum Gasteiger partial charge on any atom is 0.270 e. The van der Waals surface area contributed by atoms with Gasteiger partial charge in [-0.25, -0.2) is 9.97 Å². The van der Waals surface area contributed by atoms with Gasteiger partial charge in [0.05, 0.1) is 16.2 Å². The van der Waals surface area contributed by atoms with Crippen LogP contribution in [-0.2, 0) is 25.0 Å². The number of nitrogens with two attached hydrogens (primary N) is 1. The van der Waals surface area contributed by atoms with Gasteiger partial charge >= 0.3 is 0 Å². The molecule has 0 saturated carbocycles. The standard InChI is InChI=1S/C24H38N4O3S/c1-5-7-8-9-12-24(31,13-10-17(3)30)23-28(18(4)20(32-23)11-14-29)16-19-15-26-21(6-2)27-22(19)25/h10,15,29,31H,5-9,11-14,16H2,1-4H3,(H2-,25,26,27,30)/p+1. The molecule has 2 aromatic rings. The molecule has 0 saturated heterocycles. The molecule has 0 aliphatic rings. The van der Waals surface area contributed by atoms with Gasteiger partial charge in [0.1, 0.15) is 11.6 Å². The first-order valence-electron chi connectivity index (χ1n) is 11.6. The normalized spacial score (nSPS) is 14.0. The van der Waals surface area contributed by atoms with Crippen molar-refractivity contribution in [2.24, 2.45) is 0 Å². The zero-order valence-corrected chi connectivity index (χ0v) is 20.7. The first kappa shape index (κ1) is 26.2. The predicted molar refractivity (Wildman–Crippen MR) is 129 cm³/mol. The molecule has 8 heteroatoms. The quantitative estimate of drug-likeness (QED) is 0.204. The second-order valence-corrected chi connectivity index (χ2v) is 9.50. The molecule has 0 spiro atoms. The lowest BCUT2D eigenvalue weighted by Gasteiger charge is -2.23. The van der Waals surface area contributed by atoms with Crippen molar-refractivity contribution in [1.82, 2.24) is 9.97 Å². The molecular formula is C24H39N4O3S+. The van der Waals surface area contributed by atoms with Gasteiger partial charge in [-0.3, -0.25) is 0 Å². The highest BCUT2D eigenvalue weighted by Gasteiger charge is 2.41. The number of aryl methyl sites for hydroxylation is 1. The smallest absolute Gasteiger partial charge is 0.270 e. The first-order chi connectivity index (χ1) is 15.3. The van der Waals surface area contributed by atoms with Gasteiger partial charge in [-0.1, -0.05) is 44.4 Å². The molecule has 0 aliphatic carbocycles. The molecule has 2 rings (SSSR count). The number of anilines is 1. The number of thiazole rings is 1. The third-order valence-corrected chi connectivity index (χ3v) is 7.32. The summed E-state index contributed by atoms with van der Waals surface area (Å²) in [6, 6.07) is 0. The van der Waals surface area contributed by atoms with E-state index in [1.807, 2.05) is 13.8 Å². The fraction of sp³-hybridized carbons (Fsp3) is 0.625. The molecule has 32 heavy (non-hydrogen) atoms. The highest BCUT2D eigenvalue weighted by Crippen LogP contribution is 2.35.